The van der Waals surface area contributed by atoms with Crippen molar-refractivity contribution >= 4 is 7.05 Å². The van der Waals surface area contributed by atoms with Crippen LogP contribution >= 0.6 is 0 Å². The largest absolute Gasteiger partial charge is 0.437 e. The lowest BCUT2D eigenvalue weighted by Crippen LogP contribution is -2.44. The highest BCUT2D eigenvalue weighted by Gasteiger charge is 2.10. The summed E-state index contributed by atoms with van der Waals surface area (Å²) in [6.07, 6.45) is 0. The lowest BCUT2D eigenvalue weighted by atomic mass is 9.86. The van der Waals surface area contributed by atoms with Crippen molar-refractivity contribution in [2.45, 2.75) is 6.82 Å². The van der Waals surface area contributed by atoms with Crippen LogP contribution in [0.25, 0.3) is 0 Å². The molecule has 0 aromatic heterocycles. The summed E-state index contributed by atoms with van der Waals surface area (Å²) in [6, 6.07) is 0. The van der Waals surface area contributed by atoms with Crippen molar-refractivity contribution in [1.29, 1.82) is 0 Å². The highest BCUT2D eigenvalue weighted by Crippen LogP contribution is 1.81. The number of rotatable bonds is 3. The minimum atomic E-state index is -0.537. The van der Waals surface area contributed by atoms with Crippen molar-refractivity contribution in [2.24, 2.45) is 11.5 Å². The van der Waals surface area contributed by atoms with Crippen LogP contribution in [0.15, 0.2) is 0 Å². The second-order valence-corrected chi connectivity index (χ2v) is 1.59. The first kappa shape index (κ1) is 7.90. The van der Waals surface area contributed by atoms with Gasteiger partial charge in [-0.1, -0.05) is 0 Å². The fourth-order valence-corrected chi connectivity index (χ4v) is 0.380. The quantitative estimate of drug-likeness (QED) is 0.302. The van der Waals surface area contributed by atoms with E-state index in [0.717, 1.165) is 0 Å². The van der Waals surface area contributed by atoms with Gasteiger partial charge in [0.25, 0.3) is 0 Å². The summed E-state index contributed by atoms with van der Waals surface area (Å²) in [5, 5.41) is 8.78. The number of hydrogen-bond donors (Lipinski definition) is 3. The molecule has 0 saturated heterocycles. The van der Waals surface area contributed by atoms with E-state index in [1.54, 1.807) is 6.82 Å². The van der Waals surface area contributed by atoms with Crippen LogP contribution in [0.1, 0.15) is 0 Å². The Morgan fingerprint density at radius 1 is 1.50 bits per heavy atom. The van der Waals surface area contributed by atoms with Gasteiger partial charge in [-0.2, -0.15) is 0 Å². The van der Waals surface area contributed by atoms with Gasteiger partial charge in [-0.05, 0) is 6.82 Å². The molecule has 0 spiro atoms. The van der Waals surface area contributed by atoms with Gasteiger partial charge in [0.05, 0.1) is 0 Å². The van der Waals surface area contributed by atoms with Crippen LogP contribution in [0, 0.1) is 0 Å². The second-order valence-electron chi connectivity index (χ2n) is 1.59. The first-order valence-corrected chi connectivity index (χ1v) is 2.54. The summed E-state index contributed by atoms with van der Waals surface area (Å²) >= 11 is 0. The Morgan fingerprint density at radius 2 is 1.88 bits per heavy atom. The lowest BCUT2D eigenvalue weighted by Gasteiger charge is -2.16. The van der Waals surface area contributed by atoms with Gasteiger partial charge in [0.2, 0.25) is 0 Å². The van der Waals surface area contributed by atoms with Crippen LogP contribution in [-0.4, -0.2) is 30.2 Å². The van der Waals surface area contributed by atoms with Gasteiger partial charge in [-0.15, -0.1) is 0 Å². The van der Waals surface area contributed by atoms with Crippen LogP contribution in [0.4, 0.5) is 0 Å². The Kier molecular flexibility index (Phi) is 3.81. The summed E-state index contributed by atoms with van der Waals surface area (Å²) in [5.74, 6) is 0. The molecule has 0 saturated carbocycles. The lowest BCUT2D eigenvalue weighted by molar-refractivity contribution is 0.382. The molecule has 0 aliphatic rings. The summed E-state index contributed by atoms with van der Waals surface area (Å²) in [4.78, 5) is 1.53. The highest BCUT2D eigenvalue weighted by molar-refractivity contribution is 6.45. The fourth-order valence-electron chi connectivity index (χ4n) is 0.380. The van der Waals surface area contributed by atoms with Crippen LogP contribution in [-0.2, 0) is 0 Å². The van der Waals surface area contributed by atoms with Crippen LogP contribution in [0.5, 0.6) is 0 Å². The molecular weight excluding hydrogens is 105 g/mol. The predicted octanol–water partition coefficient (Wildman–Crippen LogP) is -1.77. The van der Waals surface area contributed by atoms with Crippen molar-refractivity contribution in [3.05, 3.63) is 0 Å². The van der Waals surface area contributed by atoms with Crippen LogP contribution in [0.2, 0.25) is 6.82 Å². The van der Waals surface area contributed by atoms with Crippen molar-refractivity contribution in [3.8, 4) is 0 Å². The van der Waals surface area contributed by atoms with Gasteiger partial charge < -0.3 is 16.5 Å². The zero-order chi connectivity index (χ0) is 6.57. The minimum absolute atomic E-state index is 0.300. The Bertz CT molecular complexity index is 56.5. The molecule has 8 heavy (non-hydrogen) atoms. The van der Waals surface area contributed by atoms with E-state index in [1.807, 2.05) is 0 Å². The summed E-state index contributed by atoms with van der Waals surface area (Å²) < 4.78 is 0. The maximum absolute atomic E-state index is 8.78. The molecule has 0 rings (SSSR count). The normalized spacial score (nSPS) is 10.1. The Labute approximate surface area is 49.6 Å². The zero-order valence-corrected chi connectivity index (χ0v) is 5.04. The maximum atomic E-state index is 8.78. The van der Waals surface area contributed by atoms with Crippen molar-refractivity contribution in [3.63, 3.8) is 0 Å². The third kappa shape index (κ3) is 2.27. The topological polar surface area (TPSA) is 75.5 Å². The van der Waals surface area contributed by atoms with E-state index in [-0.39, 0.29) is 0 Å². The SMILES string of the molecule is CB(O)N(CN)CN. The van der Waals surface area contributed by atoms with Crippen molar-refractivity contribution < 1.29 is 5.02 Å². The molecule has 0 heterocycles. The molecular formula is C3H12BN3O. The molecule has 5 N–H and O–H groups in total. The van der Waals surface area contributed by atoms with E-state index in [1.165, 1.54) is 4.81 Å². The fraction of sp³-hybridized carbons (Fsp3) is 1.00. The molecule has 0 unspecified atom stereocenters. The molecule has 0 aromatic rings. The summed E-state index contributed by atoms with van der Waals surface area (Å²) in [5.41, 5.74) is 10.3. The zero-order valence-electron chi connectivity index (χ0n) is 5.04. The molecule has 0 amide bonds. The van der Waals surface area contributed by atoms with E-state index in [4.69, 9.17) is 16.5 Å². The van der Waals surface area contributed by atoms with Gasteiger partial charge in [0.15, 0.2) is 0 Å². The molecule has 0 aliphatic carbocycles. The minimum Gasteiger partial charge on any atom is -0.437 e. The van der Waals surface area contributed by atoms with Gasteiger partial charge in [0, 0.05) is 13.3 Å². The smallest absolute Gasteiger partial charge is 0.378 e. The van der Waals surface area contributed by atoms with E-state index in [9.17, 15) is 0 Å². The molecule has 0 aliphatic heterocycles. The second kappa shape index (κ2) is 3.85. The Morgan fingerprint density at radius 3 is 1.88 bits per heavy atom. The first-order valence-electron chi connectivity index (χ1n) is 2.54. The Hall–Kier alpha value is -0.0951. The standard InChI is InChI=1S/C3H12BN3O/c1-4(8)7(2-5)3-6/h8H,2-3,5-6H2,1H3. The molecule has 0 atom stereocenters. The van der Waals surface area contributed by atoms with E-state index < -0.39 is 7.05 Å². The van der Waals surface area contributed by atoms with Gasteiger partial charge >= 0.3 is 7.05 Å². The van der Waals surface area contributed by atoms with E-state index >= 15 is 0 Å². The molecule has 0 bridgehead atoms. The first-order chi connectivity index (χ1) is 3.72. The summed E-state index contributed by atoms with van der Waals surface area (Å²) in [7, 11) is -0.537. The average Bonchev–Trinajstić information content (AvgIpc) is 1.69. The van der Waals surface area contributed by atoms with Crippen LogP contribution < -0.4 is 11.5 Å². The van der Waals surface area contributed by atoms with Crippen molar-refractivity contribution in [2.75, 3.05) is 13.3 Å². The third-order valence-electron chi connectivity index (χ3n) is 0.997. The number of nitrogens with two attached hydrogens (primary N) is 2. The average molecular weight is 117 g/mol. The molecule has 5 heteroatoms. The number of nitrogens with zero attached hydrogens (tertiary/aromatic N) is 1. The predicted molar refractivity (Wildman–Crippen MR) is 33.8 cm³/mol. The molecule has 0 aromatic carbocycles. The van der Waals surface area contributed by atoms with E-state index in [2.05, 4.69) is 0 Å². The van der Waals surface area contributed by atoms with Gasteiger partial charge in [0.1, 0.15) is 0 Å². The Balaban J connectivity index is 3.35. The molecule has 48 valence electrons. The summed E-state index contributed by atoms with van der Waals surface area (Å²) in [6.45, 7) is 2.22. The highest BCUT2D eigenvalue weighted by atomic mass is 16.2. The van der Waals surface area contributed by atoms with Crippen LogP contribution in [0.3, 0.4) is 0 Å². The van der Waals surface area contributed by atoms with Gasteiger partial charge in [-0.3, -0.25) is 4.81 Å². The molecule has 4 nitrogen and oxygen atoms in total. The maximum Gasteiger partial charge on any atom is 0.378 e. The molecule has 0 fully saturated rings. The van der Waals surface area contributed by atoms with Crippen molar-refractivity contribution in [1.82, 2.24) is 4.81 Å². The van der Waals surface area contributed by atoms with Gasteiger partial charge in [-0.25, -0.2) is 0 Å². The number of hydrogen-bond acceptors (Lipinski definition) is 4. The third-order valence-corrected chi connectivity index (χ3v) is 0.997. The molecule has 0 radical (unpaired) electrons. The monoisotopic (exact) mass is 117 g/mol. The van der Waals surface area contributed by atoms with E-state index in [0.29, 0.717) is 13.3 Å².